The SMILES string of the molecule is CC[C@H](C)C(CO)Nc1nc(C)nc2ccn(Cc3ccccc3)c12. The summed E-state index contributed by atoms with van der Waals surface area (Å²) < 4.78 is 2.16. The van der Waals surface area contributed by atoms with Crippen LogP contribution in [0.4, 0.5) is 5.82 Å². The number of rotatable bonds is 7. The highest BCUT2D eigenvalue weighted by Crippen LogP contribution is 2.25. The fourth-order valence-electron chi connectivity index (χ4n) is 3.06. The van der Waals surface area contributed by atoms with Crippen LogP contribution in [0.3, 0.4) is 0 Å². The van der Waals surface area contributed by atoms with Crippen LogP contribution in [0, 0.1) is 12.8 Å². The normalized spacial score (nSPS) is 13.8. The van der Waals surface area contributed by atoms with Crippen LogP contribution in [-0.2, 0) is 6.54 Å². The number of hydrogen-bond donors (Lipinski definition) is 2. The number of nitrogens with one attached hydrogen (secondary N) is 1. The zero-order valence-electron chi connectivity index (χ0n) is 15.1. The largest absolute Gasteiger partial charge is 0.394 e. The molecule has 2 atom stereocenters. The van der Waals surface area contributed by atoms with Crippen molar-refractivity contribution in [1.82, 2.24) is 14.5 Å². The van der Waals surface area contributed by atoms with E-state index >= 15 is 0 Å². The molecule has 0 spiro atoms. The summed E-state index contributed by atoms with van der Waals surface area (Å²) in [6.07, 6.45) is 3.05. The quantitative estimate of drug-likeness (QED) is 0.691. The summed E-state index contributed by atoms with van der Waals surface area (Å²) in [5, 5.41) is 13.2. The van der Waals surface area contributed by atoms with E-state index in [1.54, 1.807) is 0 Å². The van der Waals surface area contributed by atoms with Crippen LogP contribution in [0.25, 0.3) is 11.0 Å². The third-order valence-corrected chi connectivity index (χ3v) is 4.77. The molecule has 2 heterocycles. The van der Waals surface area contributed by atoms with Crippen molar-refractivity contribution in [1.29, 1.82) is 0 Å². The molecule has 0 radical (unpaired) electrons. The zero-order chi connectivity index (χ0) is 17.8. The van der Waals surface area contributed by atoms with E-state index in [1.165, 1.54) is 5.56 Å². The first-order valence-electron chi connectivity index (χ1n) is 8.87. The van der Waals surface area contributed by atoms with E-state index in [1.807, 2.05) is 37.4 Å². The number of benzene rings is 1. The summed E-state index contributed by atoms with van der Waals surface area (Å²) in [4.78, 5) is 9.19. The third-order valence-electron chi connectivity index (χ3n) is 4.77. The molecule has 5 heteroatoms. The molecular weight excluding hydrogens is 312 g/mol. The zero-order valence-corrected chi connectivity index (χ0v) is 15.1. The molecule has 0 fully saturated rings. The predicted octanol–water partition coefficient (Wildman–Crippen LogP) is 3.61. The van der Waals surface area contributed by atoms with E-state index < -0.39 is 0 Å². The number of hydrogen-bond acceptors (Lipinski definition) is 4. The average molecular weight is 338 g/mol. The van der Waals surface area contributed by atoms with E-state index in [9.17, 15) is 5.11 Å². The molecule has 25 heavy (non-hydrogen) atoms. The first-order chi connectivity index (χ1) is 12.1. The molecule has 1 aromatic carbocycles. The first-order valence-corrected chi connectivity index (χ1v) is 8.87. The summed E-state index contributed by atoms with van der Waals surface area (Å²) in [6.45, 7) is 7.02. The van der Waals surface area contributed by atoms with Gasteiger partial charge in [-0.3, -0.25) is 0 Å². The fourth-order valence-corrected chi connectivity index (χ4v) is 3.06. The lowest BCUT2D eigenvalue weighted by molar-refractivity contribution is 0.241. The Morgan fingerprint density at radius 2 is 1.92 bits per heavy atom. The highest BCUT2D eigenvalue weighted by Gasteiger charge is 2.18. The van der Waals surface area contributed by atoms with Gasteiger partial charge in [-0.15, -0.1) is 0 Å². The smallest absolute Gasteiger partial charge is 0.154 e. The number of aromatic nitrogens is 3. The van der Waals surface area contributed by atoms with E-state index in [2.05, 4.69) is 45.8 Å². The van der Waals surface area contributed by atoms with Crippen molar-refractivity contribution >= 4 is 16.9 Å². The van der Waals surface area contributed by atoms with E-state index in [-0.39, 0.29) is 12.6 Å². The maximum atomic E-state index is 9.77. The Kier molecular flexibility index (Phi) is 5.34. The minimum absolute atomic E-state index is 0.0254. The number of aliphatic hydroxyl groups excluding tert-OH is 1. The number of nitrogens with zero attached hydrogens (tertiary/aromatic N) is 3. The molecule has 132 valence electrons. The van der Waals surface area contributed by atoms with Gasteiger partial charge in [0.05, 0.1) is 18.2 Å². The Morgan fingerprint density at radius 3 is 2.60 bits per heavy atom. The van der Waals surface area contributed by atoms with Gasteiger partial charge >= 0.3 is 0 Å². The van der Waals surface area contributed by atoms with Crippen molar-refractivity contribution in [2.24, 2.45) is 5.92 Å². The first kappa shape index (κ1) is 17.4. The second-order valence-electron chi connectivity index (χ2n) is 6.60. The Hall–Kier alpha value is -2.40. The van der Waals surface area contributed by atoms with Gasteiger partial charge in [-0.1, -0.05) is 50.6 Å². The molecule has 0 saturated carbocycles. The van der Waals surface area contributed by atoms with Gasteiger partial charge in [0, 0.05) is 12.7 Å². The van der Waals surface area contributed by atoms with Crippen molar-refractivity contribution in [3.63, 3.8) is 0 Å². The van der Waals surface area contributed by atoms with Gasteiger partial charge in [-0.05, 0) is 24.5 Å². The number of aryl methyl sites for hydroxylation is 1. The van der Waals surface area contributed by atoms with Crippen LogP contribution < -0.4 is 5.32 Å². The molecule has 0 aliphatic rings. The van der Waals surface area contributed by atoms with Crippen molar-refractivity contribution in [2.75, 3.05) is 11.9 Å². The Morgan fingerprint density at radius 1 is 1.16 bits per heavy atom. The van der Waals surface area contributed by atoms with Gasteiger partial charge in [-0.25, -0.2) is 9.97 Å². The molecule has 2 N–H and O–H groups in total. The highest BCUT2D eigenvalue weighted by atomic mass is 16.3. The summed E-state index contributed by atoms with van der Waals surface area (Å²) in [5.41, 5.74) is 3.13. The number of aliphatic hydroxyl groups is 1. The molecule has 0 bridgehead atoms. The molecule has 0 amide bonds. The summed E-state index contributed by atoms with van der Waals surface area (Å²) in [7, 11) is 0. The van der Waals surface area contributed by atoms with Crippen molar-refractivity contribution in [2.45, 2.75) is 39.8 Å². The minimum atomic E-state index is -0.0254. The standard InChI is InChI=1S/C20H26N4O/c1-4-14(2)18(13-25)23-20-19-17(21-15(3)22-20)10-11-24(19)12-16-8-6-5-7-9-16/h5-11,14,18,25H,4,12-13H2,1-3H3,(H,21,22,23)/t14-,18?/m0/s1. The lowest BCUT2D eigenvalue weighted by Crippen LogP contribution is -2.31. The van der Waals surface area contributed by atoms with Gasteiger partial charge < -0.3 is 15.0 Å². The van der Waals surface area contributed by atoms with E-state index in [4.69, 9.17) is 0 Å². The Balaban J connectivity index is 2.00. The second-order valence-corrected chi connectivity index (χ2v) is 6.60. The Labute approximate surface area is 148 Å². The summed E-state index contributed by atoms with van der Waals surface area (Å²) in [6, 6.07) is 12.3. The fraction of sp³-hybridized carbons (Fsp3) is 0.400. The Bertz CT molecular complexity index is 828. The second kappa shape index (κ2) is 7.66. The average Bonchev–Trinajstić information content (AvgIpc) is 3.02. The topological polar surface area (TPSA) is 63.0 Å². The van der Waals surface area contributed by atoms with Gasteiger partial charge in [0.25, 0.3) is 0 Å². The molecule has 0 aliphatic heterocycles. The summed E-state index contributed by atoms with van der Waals surface area (Å²) in [5.74, 6) is 1.88. The maximum Gasteiger partial charge on any atom is 0.154 e. The van der Waals surface area contributed by atoms with Gasteiger partial charge in [-0.2, -0.15) is 0 Å². The van der Waals surface area contributed by atoms with Crippen LogP contribution in [-0.4, -0.2) is 32.3 Å². The van der Waals surface area contributed by atoms with E-state index in [0.29, 0.717) is 5.92 Å². The third kappa shape index (κ3) is 3.82. The van der Waals surface area contributed by atoms with Crippen LogP contribution >= 0.6 is 0 Å². The lowest BCUT2D eigenvalue weighted by Gasteiger charge is -2.23. The lowest BCUT2D eigenvalue weighted by atomic mass is 10.00. The van der Waals surface area contributed by atoms with Crippen LogP contribution in [0.5, 0.6) is 0 Å². The van der Waals surface area contributed by atoms with Gasteiger partial charge in [0.2, 0.25) is 0 Å². The maximum absolute atomic E-state index is 9.77. The molecule has 5 nitrogen and oxygen atoms in total. The number of anilines is 1. The molecule has 3 rings (SSSR count). The van der Waals surface area contributed by atoms with Gasteiger partial charge in [0.1, 0.15) is 11.3 Å². The van der Waals surface area contributed by atoms with Crippen LogP contribution in [0.2, 0.25) is 0 Å². The number of fused-ring (bicyclic) bond motifs is 1. The van der Waals surface area contributed by atoms with Gasteiger partial charge in [0.15, 0.2) is 5.82 Å². The molecule has 3 aromatic rings. The van der Waals surface area contributed by atoms with Crippen LogP contribution in [0.1, 0.15) is 31.7 Å². The van der Waals surface area contributed by atoms with E-state index in [0.717, 1.165) is 35.6 Å². The molecule has 1 unspecified atom stereocenters. The molecule has 0 aliphatic carbocycles. The predicted molar refractivity (Wildman–Crippen MR) is 102 cm³/mol. The molecule has 2 aromatic heterocycles. The molecule has 0 saturated heterocycles. The monoisotopic (exact) mass is 338 g/mol. The molecular formula is C20H26N4O. The highest BCUT2D eigenvalue weighted by molar-refractivity contribution is 5.86. The minimum Gasteiger partial charge on any atom is -0.394 e. The summed E-state index contributed by atoms with van der Waals surface area (Å²) >= 11 is 0. The van der Waals surface area contributed by atoms with Crippen molar-refractivity contribution < 1.29 is 5.11 Å². The van der Waals surface area contributed by atoms with Crippen LogP contribution in [0.15, 0.2) is 42.6 Å². The van der Waals surface area contributed by atoms with Crippen molar-refractivity contribution in [3.8, 4) is 0 Å². The van der Waals surface area contributed by atoms with Crippen molar-refractivity contribution in [3.05, 3.63) is 54.0 Å².